The average Bonchev–Trinajstić information content (AvgIpc) is 2.47. The molecule has 0 bridgehead atoms. The molecular weight excluding hydrogens is 317 g/mol. The number of aliphatic hydroxyl groups excluding tert-OH is 2. The van der Waals surface area contributed by atoms with Crippen molar-refractivity contribution in [2.24, 2.45) is 0 Å². The lowest BCUT2D eigenvalue weighted by Crippen LogP contribution is -2.44. The zero-order valence-electron chi connectivity index (χ0n) is 11.7. The Bertz CT molecular complexity index is 470. The molecule has 0 saturated carbocycles. The summed E-state index contributed by atoms with van der Waals surface area (Å²) in [5.74, 6) is -0.0502. The molecule has 118 valence electrons. The number of rotatable bonds is 8. The zero-order valence-corrected chi connectivity index (χ0v) is 13.2. The van der Waals surface area contributed by atoms with Gasteiger partial charge in [-0.05, 0) is 31.9 Å². The molecule has 0 aliphatic carbocycles. The lowest BCUT2D eigenvalue weighted by Gasteiger charge is -2.20. The topological polar surface area (TPSA) is 78.8 Å². The van der Waals surface area contributed by atoms with Crippen LogP contribution in [0.4, 0.5) is 0 Å². The summed E-state index contributed by atoms with van der Waals surface area (Å²) in [4.78, 5) is 12.0. The molecule has 0 unspecified atom stereocenters. The van der Waals surface area contributed by atoms with Crippen LogP contribution in [0.5, 0.6) is 5.75 Å². The van der Waals surface area contributed by atoms with Crippen molar-refractivity contribution < 1.29 is 19.7 Å². The molecule has 21 heavy (non-hydrogen) atoms. The summed E-state index contributed by atoms with van der Waals surface area (Å²) in [7, 11) is 0. The number of ether oxygens (including phenoxy) is 1. The fraction of sp³-hybridized carbons (Fsp3) is 0.500. The van der Waals surface area contributed by atoms with Gasteiger partial charge >= 0.3 is 0 Å². The van der Waals surface area contributed by atoms with Gasteiger partial charge in [-0.1, -0.05) is 29.3 Å². The highest BCUT2D eigenvalue weighted by atomic mass is 35.5. The van der Waals surface area contributed by atoms with Crippen LogP contribution in [0.3, 0.4) is 0 Å². The van der Waals surface area contributed by atoms with Gasteiger partial charge in [-0.2, -0.15) is 0 Å². The molecular formula is C14H19Cl2NO4. The first-order valence-corrected chi connectivity index (χ1v) is 7.38. The fourth-order valence-corrected chi connectivity index (χ4v) is 2.02. The van der Waals surface area contributed by atoms with Gasteiger partial charge in [0.15, 0.2) is 6.10 Å². The summed E-state index contributed by atoms with van der Waals surface area (Å²) < 4.78 is 5.48. The van der Waals surface area contributed by atoms with Gasteiger partial charge in [0.2, 0.25) is 0 Å². The first-order valence-electron chi connectivity index (χ1n) is 6.62. The van der Waals surface area contributed by atoms with Crippen LogP contribution >= 0.6 is 23.2 Å². The van der Waals surface area contributed by atoms with Crippen LogP contribution in [0.15, 0.2) is 18.2 Å². The Labute approximate surface area is 133 Å². The van der Waals surface area contributed by atoms with E-state index in [2.05, 4.69) is 5.32 Å². The number of nitrogens with one attached hydrogen (secondary N) is 1. The largest absolute Gasteiger partial charge is 0.479 e. The van der Waals surface area contributed by atoms with E-state index in [0.717, 1.165) is 0 Å². The van der Waals surface area contributed by atoms with Crippen molar-refractivity contribution >= 4 is 29.1 Å². The highest BCUT2D eigenvalue weighted by Crippen LogP contribution is 2.32. The van der Waals surface area contributed by atoms with Gasteiger partial charge in [0.25, 0.3) is 5.91 Å². The first-order chi connectivity index (χ1) is 9.99. The van der Waals surface area contributed by atoms with E-state index >= 15 is 0 Å². The molecule has 1 aromatic carbocycles. The van der Waals surface area contributed by atoms with Crippen LogP contribution < -0.4 is 10.1 Å². The quantitative estimate of drug-likeness (QED) is 0.679. The molecule has 1 amide bonds. The molecule has 5 nitrogen and oxygen atoms in total. The molecule has 7 heteroatoms. The Kier molecular flexibility index (Phi) is 7.82. The van der Waals surface area contributed by atoms with Crippen molar-refractivity contribution in [1.82, 2.24) is 5.32 Å². The van der Waals surface area contributed by atoms with Gasteiger partial charge < -0.3 is 20.3 Å². The first kappa shape index (κ1) is 18.0. The molecule has 0 spiro atoms. The van der Waals surface area contributed by atoms with Crippen molar-refractivity contribution in [2.75, 3.05) is 13.2 Å². The minimum atomic E-state index is -0.788. The average molecular weight is 336 g/mol. The lowest BCUT2D eigenvalue weighted by molar-refractivity contribution is -0.128. The molecule has 2 atom stereocenters. The maximum atomic E-state index is 12.0. The molecule has 0 radical (unpaired) electrons. The summed E-state index contributed by atoms with van der Waals surface area (Å²) in [5, 5.41) is 21.2. The smallest absolute Gasteiger partial charge is 0.261 e. The maximum absolute atomic E-state index is 12.0. The van der Waals surface area contributed by atoms with Crippen LogP contribution in [-0.2, 0) is 4.79 Å². The molecule has 0 fully saturated rings. The van der Waals surface area contributed by atoms with Crippen LogP contribution in [0.25, 0.3) is 0 Å². The van der Waals surface area contributed by atoms with Crippen molar-refractivity contribution in [3.8, 4) is 5.75 Å². The van der Waals surface area contributed by atoms with Crippen molar-refractivity contribution in [3.63, 3.8) is 0 Å². The standard InChI is InChI=1S/C14H19Cl2NO4/c1-9(14(20)17-10(8-19)4-3-7-18)21-12-6-2-5-11(15)13(12)16/h2,5-6,9-10,18-19H,3-4,7-8H2,1H3,(H,17,20)/t9-,10-/m0/s1. The SMILES string of the molecule is C[C@H](Oc1cccc(Cl)c1Cl)C(=O)N[C@H](CO)CCCO. The molecule has 0 heterocycles. The van der Waals surface area contributed by atoms with Gasteiger partial charge in [-0.25, -0.2) is 0 Å². The predicted molar refractivity (Wildman–Crippen MR) is 81.9 cm³/mol. The van der Waals surface area contributed by atoms with E-state index in [4.69, 9.17) is 33.0 Å². The van der Waals surface area contributed by atoms with E-state index in [1.54, 1.807) is 25.1 Å². The molecule has 0 aliphatic rings. The van der Waals surface area contributed by atoms with Crippen molar-refractivity contribution in [3.05, 3.63) is 28.2 Å². The Balaban J connectivity index is 2.59. The van der Waals surface area contributed by atoms with E-state index in [-0.39, 0.29) is 24.1 Å². The zero-order chi connectivity index (χ0) is 15.8. The van der Waals surface area contributed by atoms with Gasteiger partial charge in [-0.15, -0.1) is 0 Å². The minimum Gasteiger partial charge on any atom is -0.479 e. The van der Waals surface area contributed by atoms with Gasteiger partial charge in [0.1, 0.15) is 10.8 Å². The summed E-state index contributed by atoms with van der Waals surface area (Å²) >= 11 is 11.9. The number of hydrogen-bond donors (Lipinski definition) is 3. The Morgan fingerprint density at radius 2 is 2.10 bits per heavy atom. The number of amides is 1. The fourth-order valence-electron chi connectivity index (χ4n) is 1.68. The van der Waals surface area contributed by atoms with E-state index in [1.807, 2.05) is 0 Å². The Hall–Kier alpha value is -1.01. The number of hydrogen-bond acceptors (Lipinski definition) is 4. The number of carbonyl (C=O) groups excluding carboxylic acids is 1. The highest BCUT2D eigenvalue weighted by Gasteiger charge is 2.19. The summed E-state index contributed by atoms with van der Waals surface area (Å²) in [6.45, 7) is 1.39. The molecule has 0 aromatic heterocycles. The third-order valence-corrected chi connectivity index (χ3v) is 3.67. The Morgan fingerprint density at radius 1 is 1.38 bits per heavy atom. The third kappa shape index (κ3) is 5.71. The van der Waals surface area contributed by atoms with E-state index in [9.17, 15) is 9.90 Å². The molecule has 0 aliphatic heterocycles. The van der Waals surface area contributed by atoms with E-state index in [1.165, 1.54) is 0 Å². The summed E-state index contributed by atoms with van der Waals surface area (Å²) in [6, 6.07) is 4.50. The third-order valence-electron chi connectivity index (χ3n) is 2.87. The van der Waals surface area contributed by atoms with Crippen molar-refractivity contribution in [1.29, 1.82) is 0 Å². The Morgan fingerprint density at radius 3 is 2.71 bits per heavy atom. The van der Waals surface area contributed by atoms with Crippen LogP contribution in [0, 0.1) is 0 Å². The van der Waals surface area contributed by atoms with Crippen LogP contribution in [-0.4, -0.2) is 41.5 Å². The lowest BCUT2D eigenvalue weighted by atomic mass is 10.1. The second-order valence-electron chi connectivity index (χ2n) is 4.57. The number of benzene rings is 1. The monoisotopic (exact) mass is 335 g/mol. The van der Waals surface area contributed by atoms with Crippen LogP contribution in [0.1, 0.15) is 19.8 Å². The van der Waals surface area contributed by atoms with Gasteiger partial charge in [0, 0.05) is 6.61 Å². The van der Waals surface area contributed by atoms with Gasteiger partial charge in [-0.3, -0.25) is 4.79 Å². The highest BCUT2D eigenvalue weighted by molar-refractivity contribution is 6.42. The van der Waals surface area contributed by atoms with Crippen LogP contribution in [0.2, 0.25) is 10.0 Å². The van der Waals surface area contributed by atoms with E-state index in [0.29, 0.717) is 23.6 Å². The maximum Gasteiger partial charge on any atom is 0.261 e. The van der Waals surface area contributed by atoms with E-state index < -0.39 is 12.1 Å². The van der Waals surface area contributed by atoms with Crippen molar-refractivity contribution in [2.45, 2.75) is 31.9 Å². The second kappa shape index (κ2) is 9.10. The number of carbonyl (C=O) groups is 1. The summed E-state index contributed by atoms with van der Waals surface area (Å²) in [5.41, 5.74) is 0. The molecule has 0 saturated heterocycles. The predicted octanol–water partition coefficient (Wildman–Crippen LogP) is 2.01. The summed E-state index contributed by atoms with van der Waals surface area (Å²) in [6.07, 6.45) is 0.202. The number of aliphatic hydroxyl groups is 2. The van der Waals surface area contributed by atoms with Gasteiger partial charge in [0.05, 0.1) is 17.7 Å². The minimum absolute atomic E-state index is 0.0105. The molecule has 1 aromatic rings. The molecule has 1 rings (SSSR count). The number of halogens is 2. The molecule has 3 N–H and O–H groups in total. The normalized spacial score (nSPS) is 13.6. The second-order valence-corrected chi connectivity index (χ2v) is 5.35.